The second-order valence-corrected chi connectivity index (χ2v) is 7.95. The van der Waals surface area contributed by atoms with Gasteiger partial charge >= 0.3 is 0 Å². The minimum atomic E-state index is -0.602. The zero-order valence-electron chi connectivity index (χ0n) is 16.2. The van der Waals surface area contributed by atoms with Gasteiger partial charge < -0.3 is 4.74 Å². The molecule has 8 nitrogen and oxygen atoms in total. The largest absolute Gasteiger partial charge is 0.497 e. The Morgan fingerprint density at radius 1 is 1.26 bits per heavy atom. The molecular formula is C21H15ClN4O4S. The molecule has 0 bridgehead atoms. The molecule has 4 rings (SSSR count). The number of carbonyl (C=O) groups excluding carboxylic acids is 1. The van der Waals surface area contributed by atoms with Crippen LogP contribution in [-0.2, 0) is 6.54 Å². The van der Waals surface area contributed by atoms with Gasteiger partial charge in [-0.3, -0.25) is 24.8 Å². The summed E-state index contributed by atoms with van der Waals surface area (Å²) in [5.74, 6) is 0.0593. The van der Waals surface area contributed by atoms with Crippen molar-refractivity contribution >= 4 is 49.9 Å². The summed E-state index contributed by atoms with van der Waals surface area (Å²) in [7, 11) is 1.56. The Bertz CT molecular complexity index is 1280. The molecule has 0 radical (unpaired) electrons. The molecule has 0 saturated heterocycles. The van der Waals surface area contributed by atoms with Gasteiger partial charge in [-0.1, -0.05) is 29.0 Å². The number of pyridine rings is 1. The maximum atomic E-state index is 13.5. The van der Waals surface area contributed by atoms with Crippen molar-refractivity contribution in [3.63, 3.8) is 0 Å². The number of methoxy groups -OCH3 is 1. The van der Waals surface area contributed by atoms with Crippen LogP contribution in [0, 0.1) is 10.1 Å². The molecule has 2 heterocycles. The average molecular weight is 455 g/mol. The highest BCUT2D eigenvalue weighted by molar-refractivity contribution is 7.22. The molecule has 0 aliphatic heterocycles. The van der Waals surface area contributed by atoms with E-state index in [9.17, 15) is 14.9 Å². The maximum Gasteiger partial charge on any atom is 0.282 e. The lowest BCUT2D eigenvalue weighted by Gasteiger charge is -2.20. The SMILES string of the molecule is COc1ccc2sc(N(Cc3cccnc3)C(=O)c3cc(Cl)ccc3[N+](=O)[O-])nc2c1. The number of benzene rings is 2. The minimum absolute atomic E-state index is 0.113. The first-order chi connectivity index (χ1) is 15.0. The van der Waals surface area contributed by atoms with E-state index in [2.05, 4.69) is 9.97 Å². The lowest BCUT2D eigenvalue weighted by molar-refractivity contribution is -0.385. The molecule has 0 aliphatic carbocycles. The lowest BCUT2D eigenvalue weighted by Crippen LogP contribution is -2.31. The molecule has 0 saturated carbocycles. The van der Waals surface area contributed by atoms with E-state index in [-0.39, 0.29) is 22.8 Å². The van der Waals surface area contributed by atoms with Crippen molar-refractivity contribution in [2.45, 2.75) is 6.54 Å². The Morgan fingerprint density at radius 3 is 2.81 bits per heavy atom. The number of hydrogen-bond acceptors (Lipinski definition) is 7. The number of nitro benzene ring substituents is 1. The molecule has 0 unspecified atom stereocenters. The van der Waals surface area contributed by atoms with Gasteiger partial charge in [0.15, 0.2) is 5.13 Å². The smallest absolute Gasteiger partial charge is 0.282 e. The zero-order valence-corrected chi connectivity index (χ0v) is 17.8. The van der Waals surface area contributed by atoms with E-state index in [0.717, 1.165) is 10.3 Å². The van der Waals surface area contributed by atoms with Crippen LogP contribution < -0.4 is 9.64 Å². The van der Waals surface area contributed by atoms with Gasteiger partial charge in [0.25, 0.3) is 11.6 Å². The van der Waals surface area contributed by atoms with E-state index in [0.29, 0.717) is 16.4 Å². The van der Waals surface area contributed by atoms with Crippen LogP contribution in [-0.4, -0.2) is 27.9 Å². The Kier molecular flexibility index (Phi) is 5.79. The van der Waals surface area contributed by atoms with Crippen molar-refractivity contribution in [2.24, 2.45) is 0 Å². The standard InChI is InChI=1S/C21H15ClN4O4S/c1-30-15-5-7-19-17(10-15)24-21(31-19)25(12-13-3-2-8-23-11-13)20(27)16-9-14(22)4-6-18(16)26(28)29/h2-11H,12H2,1H3. The van der Waals surface area contributed by atoms with Crippen molar-refractivity contribution in [2.75, 3.05) is 12.0 Å². The highest BCUT2D eigenvalue weighted by Gasteiger charge is 2.28. The number of nitro groups is 1. The number of amides is 1. The first-order valence-corrected chi connectivity index (χ1v) is 10.2. The highest BCUT2D eigenvalue weighted by atomic mass is 35.5. The fraction of sp³-hybridized carbons (Fsp3) is 0.0952. The van der Waals surface area contributed by atoms with Gasteiger partial charge in [0.2, 0.25) is 0 Å². The van der Waals surface area contributed by atoms with Crippen LogP contribution in [0.3, 0.4) is 0 Å². The molecule has 1 amide bonds. The summed E-state index contributed by atoms with van der Waals surface area (Å²) < 4.78 is 6.09. The number of fused-ring (bicyclic) bond motifs is 1. The third-order valence-corrected chi connectivity index (χ3v) is 5.80. The van der Waals surface area contributed by atoms with E-state index in [1.807, 2.05) is 12.1 Å². The van der Waals surface area contributed by atoms with Gasteiger partial charge in [-0.25, -0.2) is 4.98 Å². The Morgan fingerprint density at radius 2 is 2.10 bits per heavy atom. The summed E-state index contributed by atoms with van der Waals surface area (Å²) in [5, 5.41) is 12.1. The van der Waals surface area contributed by atoms with Crippen molar-refractivity contribution in [1.29, 1.82) is 0 Å². The Hall–Kier alpha value is -3.56. The summed E-state index contributed by atoms with van der Waals surface area (Å²) in [4.78, 5) is 34.5. The van der Waals surface area contributed by atoms with Crippen molar-refractivity contribution in [3.05, 3.63) is 87.2 Å². The number of thiazole rings is 1. The number of hydrogen-bond donors (Lipinski definition) is 0. The molecular weight excluding hydrogens is 440 g/mol. The molecule has 0 atom stereocenters. The summed E-state index contributed by atoms with van der Waals surface area (Å²) in [6, 6.07) is 12.9. The van der Waals surface area contributed by atoms with Gasteiger partial charge in [-0.15, -0.1) is 0 Å². The van der Waals surface area contributed by atoms with E-state index in [1.54, 1.807) is 37.7 Å². The second kappa shape index (κ2) is 8.66. The van der Waals surface area contributed by atoms with Crippen LogP contribution in [0.25, 0.3) is 10.2 Å². The molecule has 2 aromatic heterocycles. The number of nitrogens with zero attached hydrogens (tertiary/aromatic N) is 4. The Balaban J connectivity index is 1.83. The summed E-state index contributed by atoms with van der Waals surface area (Å²) in [5.41, 5.74) is 0.966. The third kappa shape index (κ3) is 4.32. The molecule has 0 spiro atoms. The molecule has 2 aromatic carbocycles. The van der Waals surface area contributed by atoms with Gasteiger partial charge in [0.1, 0.15) is 11.3 Å². The van der Waals surface area contributed by atoms with E-state index >= 15 is 0 Å². The van der Waals surface area contributed by atoms with Crippen LogP contribution in [0.1, 0.15) is 15.9 Å². The Labute approximate surface area is 185 Å². The molecule has 0 aliphatic rings. The lowest BCUT2D eigenvalue weighted by atomic mass is 10.1. The maximum absolute atomic E-state index is 13.5. The van der Waals surface area contributed by atoms with Gasteiger partial charge in [-0.05, 0) is 35.9 Å². The topological polar surface area (TPSA) is 98.5 Å². The summed E-state index contributed by atoms with van der Waals surface area (Å²) >= 11 is 7.34. The first kappa shape index (κ1) is 20.7. The number of rotatable bonds is 6. The van der Waals surface area contributed by atoms with E-state index < -0.39 is 10.8 Å². The molecule has 31 heavy (non-hydrogen) atoms. The molecule has 0 fully saturated rings. The van der Waals surface area contributed by atoms with E-state index in [4.69, 9.17) is 16.3 Å². The van der Waals surface area contributed by atoms with Gasteiger partial charge in [0.05, 0.1) is 28.8 Å². The summed E-state index contributed by atoms with van der Waals surface area (Å²) in [6.07, 6.45) is 3.25. The second-order valence-electron chi connectivity index (χ2n) is 6.50. The molecule has 156 valence electrons. The van der Waals surface area contributed by atoms with E-state index in [1.165, 1.54) is 34.4 Å². The highest BCUT2D eigenvalue weighted by Crippen LogP contribution is 2.34. The fourth-order valence-corrected chi connectivity index (χ4v) is 4.14. The normalized spacial score (nSPS) is 10.8. The number of halogens is 1. The monoisotopic (exact) mass is 454 g/mol. The number of anilines is 1. The number of carbonyl (C=O) groups is 1. The summed E-state index contributed by atoms with van der Waals surface area (Å²) in [6.45, 7) is 0.132. The van der Waals surface area contributed by atoms with Crippen molar-refractivity contribution in [1.82, 2.24) is 9.97 Å². The number of aromatic nitrogens is 2. The van der Waals surface area contributed by atoms with Crippen LogP contribution in [0.4, 0.5) is 10.8 Å². The quantitative estimate of drug-likeness (QED) is 0.296. The van der Waals surface area contributed by atoms with Crippen molar-refractivity contribution in [3.8, 4) is 5.75 Å². The number of ether oxygens (including phenoxy) is 1. The fourth-order valence-electron chi connectivity index (χ4n) is 3.02. The van der Waals surface area contributed by atoms with Gasteiger partial charge in [-0.2, -0.15) is 0 Å². The van der Waals surface area contributed by atoms with Crippen LogP contribution in [0.2, 0.25) is 5.02 Å². The molecule has 10 heteroatoms. The molecule has 0 N–H and O–H groups in total. The predicted molar refractivity (Wildman–Crippen MR) is 119 cm³/mol. The van der Waals surface area contributed by atoms with Crippen LogP contribution >= 0.6 is 22.9 Å². The predicted octanol–water partition coefficient (Wildman–Crippen LogP) is 5.11. The zero-order chi connectivity index (χ0) is 22.0. The van der Waals surface area contributed by atoms with Gasteiger partial charge in [0, 0.05) is 29.5 Å². The van der Waals surface area contributed by atoms with Crippen molar-refractivity contribution < 1.29 is 14.5 Å². The molecule has 4 aromatic rings. The first-order valence-electron chi connectivity index (χ1n) is 9.05. The minimum Gasteiger partial charge on any atom is -0.497 e. The van der Waals surface area contributed by atoms with Crippen LogP contribution in [0.15, 0.2) is 60.9 Å². The van der Waals surface area contributed by atoms with Crippen LogP contribution in [0.5, 0.6) is 5.75 Å². The third-order valence-electron chi connectivity index (χ3n) is 4.51. The average Bonchev–Trinajstić information content (AvgIpc) is 3.20.